The maximum Gasteiger partial charge on any atom is 0.234 e. The minimum atomic E-state index is 0.0450. The quantitative estimate of drug-likeness (QED) is 0.807. The van der Waals surface area contributed by atoms with E-state index >= 15 is 0 Å². The number of amides is 1. The predicted octanol–water partition coefficient (Wildman–Crippen LogP) is 3.70. The van der Waals surface area contributed by atoms with E-state index in [1.807, 2.05) is 12.1 Å². The Labute approximate surface area is 159 Å². The zero-order valence-electron chi connectivity index (χ0n) is 15.2. The highest BCUT2D eigenvalue weighted by Crippen LogP contribution is 2.16. The van der Waals surface area contributed by atoms with Crippen molar-refractivity contribution in [2.45, 2.75) is 19.2 Å². The number of rotatable bonds is 7. The van der Waals surface area contributed by atoms with Gasteiger partial charge in [-0.15, -0.1) is 11.8 Å². The van der Waals surface area contributed by atoms with Gasteiger partial charge in [0, 0.05) is 31.1 Å². The van der Waals surface area contributed by atoms with Crippen molar-refractivity contribution in [1.29, 1.82) is 0 Å². The number of thioether (sulfide) groups is 1. The first-order valence-electron chi connectivity index (χ1n) is 9.01. The summed E-state index contributed by atoms with van der Waals surface area (Å²) >= 11 is 1.64. The lowest BCUT2D eigenvalue weighted by Crippen LogP contribution is -2.35. The summed E-state index contributed by atoms with van der Waals surface area (Å²) < 4.78 is 5.38. The third kappa shape index (κ3) is 6.16. The summed E-state index contributed by atoms with van der Waals surface area (Å²) in [7, 11) is 0. The molecule has 1 aliphatic rings. The van der Waals surface area contributed by atoms with Crippen LogP contribution in [0.4, 0.5) is 5.69 Å². The minimum absolute atomic E-state index is 0.0450. The SMILES string of the molecule is Cc1cccc(CSCC(=O)Nc2ccc(CN3CCOCC3)cc2)c1. The summed E-state index contributed by atoms with van der Waals surface area (Å²) in [4.78, 5) is 14.5. The number of nitrogens with zero attached hydrogens (tertiary/aromatic N) is 1. The maximum atomic E-state index is 12.1. The number of morpholine rings is 1. The number of carbonyl (C=O) groups is 1. The summed E-state index contributed by atoms with van der Waals surface area (Å²) in [6.07, 6.45) is 0. The van der Waals surface area contributed by atoms with E-state index < -0.39 is 0 Å². The molecule has 0 radical (unpaired) electrons. The third-order valence-corrected chi connectivity index (χ3v) is 5.34. The Morgan fingerprint density at radius 1 is 1.12 bits per heavy atom. The Bertz CT molecular complexity index is 712. The van der Waals surface area contributed by atoms with E-state index in [4.69, 9.17) is 4.74 Å². The molecule has 0 aliphatic carbocycles. The molecule has 2 aromatic rings. The molecule has 1 N–H and O–H groups in total. The summed E-state index contributed by atoms with van der Waals surface area (Å²) in [5.41, 5.74) is 4.63. The molecule has 1 saturated heterocycles. The van der Waals surface area contributed by atoms with E-state index in [2.05, 4.69) is 53.5 Å². The van der Waals surface area contributed by atoms with Crippen LogP contribution in [0.3, 0.4) is 0 Å². The van der Waals surface area contributed by atoms with Crippen molar-refractivity contribution in [3.05, 3.63) is 65.2 Å². The lowest BCUT2D eigenvalue weighted by atomic mass is 10.2. The molecule has 2 aromatic carbocycles. The standard InChI is InChI=1S/C21H26N2O2S/c1-17-3-2-4-19(13-17)15-26-16-21(24)22-20-7-5-18(6-8-20)14-23-9-11-25-12-10-23/h2-8,13H,9-12,14-16H2,1H3,(H,22,24). The van der Waals surface area contributed by atoms with Gasteiger partial charge >= 0.3 is 0 Å². The number of aryl methyl sites for hydroxylation is 1. The topological polar surface area (TPSA) is 41.6 Å². The molecule has 0 saturated carbocycles. The highest BCUT2D eigenvalue weighted by Gasteiger charge is 2.10. The molecule has 4 nitrogen and oxygen atoms in total. The molecule has 1 fully saturated rings. The van der Waals surface area contributed by atoms with Crippen LogP contribution in [0.15, 0.2) is 48.5 Å². The fourth-order valence-corrected chi connectivity index (χ4v) is 3.75. The van der Waals surface area contributed by atoms with E-state index in [0.29, 0.717) is 5.75 Å². The second-order valence-corrected chi connectivity index (χ2v) is 7.60. The molecular formula is C21H26N2O2S. The Morgan fingerprint density at radius 3 is 2.62 bits per heavy atom. The molecule has 0 bridgehead atoms. The van der Waals surface area contributed by atoms with Gasteiger partial charge in [-0.2, -0.15) is 0 Å². The number of benzene rings is 2. The molecule has 0 unspecified atom stereocenters. The minimum Gasteiger partial charge on any atom is -0.379 e. The number of ether oxygens (including phenoxy) is 1. The summed E-state index contributed by atoms with van der Waals surface area (Å²) in [5, 5.41) is 2.98. The van der Waals surface area contributed by atoms with Crippen molar-refractivity contribution >= 4 is 23.4 Å². The Kier molecular flexibility index (Phi) is 7.12. The van der Waals surface area contributed by atoms with Gasteiger partial charge in [0.15, 0.2) is 0 Å². The smallest absolute Gasteiger partial charge is 0.234 e. The molecule has 0 aromatic heterocycles. The van der Waals surface area contributed by atoms with Gasteiger partial charge in [-0.3, -0.25) is 9.69 Å². The van der Waals surface area contributed by atoms with Crippen LogP contribution in [0.25, 0.3) is 0 Å². The van der Waals surface area contributed by atoms with Gasteiger partial charge in [0.2, 0.25) is 5.91 Å². The first-order valence-corrected chi connectivity index (χ1v) is 10.2. The molecule has 0 spiro atoms. The van der Waals surface area contributed by atoms with Gasteiger partial charge in [-0.1, -0.05) is 42.0 Å². The number of hydrogen-bond donors (Lipinski definition) is 1. The van der Waals surface area contributed by atoms with Crippen molar-refractivity contribution in [2.75, 3.05) is 37.4 Å². The second-order valence-electron chi connectivity index (χ2n) is 6.62. The number of carbonyl (C=O) groups excluding carboxylic acids is 1. The fourth-order valence-electron chi connectivity index (χ4n) is 2.97. The summed E-state index contributed by atoms with van der Waals surface area (Å²) in [6, 6.07) is 16.6. The maximum absolute atomic E-state index is 12.1. The summed E-state index contributed by atoms with van der Waals surface area (Å²) in [5.74, 6) is 1.36. The first kappa shape index (κ1) is 19.0. The van der Waals surface area contributed by atoms with E-state index in [0.717, 1.165) is 44.3 Å². The molecule has 1 heterocycles. The van der Waals surface area contributed by atoms with Gasteiger partial charge in [0.1, 0.15) is 0 Å². The zero-order chi connectivity index (χ0) is 18.2. The molecule has 1 amide bonds. The van der Waals surface area contributed by atoms with Gasteiger partial charge in [-0.25, -0.2) is 0 Å². The molecule has 138 valence electrons. The molecule has 3 rings (SSSR count). The highest BCUT2D eigenvalue weighted by atomic mass is 32.2. The van der Waals surface area contributed by atoms with Crippen LogP contribution in [0.2, 0.25) is 0 Å². The van der Waals surface area contributed by atoms with Crippen molar-refractivity contribution in [3.8, 4) is 0 Å². The lowest BCUT2D eigenvalue weighted by molar-refractivity contribution is -0.113. The Balaban J connectivity index is 1.41. The monoisotopic (exact) mass is 370 g/mol. The van der Waals surface area contributed by atoms with E-state index in [-0.39, 0.29) is 5.91 Å². The van der Waals surface area contributed by atoms with Crippen molar-refractivity contribution in [1.82, 2.24) is 4.90 Å². The molecule has 0 atom stereocenters. The van der Waals surface area contributed by atoms with Crippen LogP contribution >= 0.6 is 11.8 Å². The average Bonchev–Trinajstić information content (AvgIpc) is 2.64. The van der Waals surface area contributed by atoms with Gasteiger partial charge in [-0.05, 0) is 30.2 Å². The van der Waals surface area contributed by atoms with Crippen LogP contribution in [0.1, 0.15) is 16.7 Å². The molecule has 26 heavy (non-hydrogen) atoms. The Hall–Kier alpha value is -1.82. The summed E-state index contributed by atoms with van der Waals surface area (Å²) in [6.45, 7) is 6.61. The van der Waals surface area contributed by atoms with Crippen LogP contribution in [-0.4, -0.2) is 42.9 Å². The van der Waals surface area contributed by atoms with Crippen LogP contribution < -0.4 is 5.32 Å². The average molecular weight is 371 g/mol. The first-order chi connectivity index (χ1) is 12.7. The van der Waals surface area contributed by atoms with Gasteiger partial charge in [0.05, 0.1) is 19.0 Å². The lowest BCUT2D eigenvalue weighted by Gasteiger charge is -2.26. The van der Waals surface area contributed by atoms with Gasteiger partial charge in [0.25, 0.3) is 0 Å². The number of anilines is 1. The van der Waals surface area contributed by atoms with Crippen molar-refractivity contribution in [3.63, 3.8) is 0 Å². The predicted molar refractivity (Wildman–Crippen MR) is 109 cm³/mol. The van der Waals surface area contributed by atoms with Crippen molar-refractivity contribution in [2.24, 2.45) is 0 Å². The number of nitrogens with one attached hydrogen (secondary N) is 1. The third-order valence-electron chi connectivity index (χ3n) is 4.33. The second kappa shape index (κ2) is 9.76. The van der Waals surface area contributed by atoms with Crippen molar-refractivity contribution < 1.29 is 9.53 Å². The van der Waals surface area contributed by atoms with E-state index in [1.165, 1.54) is 16.7 Å². The van der Waals surface area contributed by atoms with Crippen LogP contribution in [-0.2, 0) is 21.8 Å². The molecule has 1 aliphatic heterocycles. The fraction of sp³-hybridized carbons (Fsp3) is 0.381. The van der Waals surface area contributed by atoms with Crippen LogP contribution in [0, 0.1) is 6.92 Å². The van der Waals surface area contributed by atoms with Crippen LogP contribution in [0.5, 0.6) is 0 Å². The normalized spacial score (nSPS) is 15.0. The van der Waals surface area contributed by atoms with E-state index in [9.17, 15) is 4.79 Å². The highest BCUT2D eigenvalue weighted by molar-refractivity contribution is 7.99. The van der Waals surface area contributed by atoms with E-state index in [1.54, 1.807) is 11.8 Å². The zero-order valence-corrected chi connectivity index (χ0v) is 16.1. The number of hydrogen-bond acceptors (Lipinski definition) is 4. The molecular weight excluding hydrogens is 344 g/mol. The van der Waals surface area contributed by atoms with Gasteiger partial charge < -0.3 is 10.1 Å². The Morgan fingerprint density at radius 2 is 1.88 bits per heavy atom. The largest absolute Gasteiger partial charge is 0.379 e. The molecule has 5 heteroatoms.